The summed E-state index contributed by atoms with van der Waals surface area (Å²) in [5, 5.41) is 8.63. The molecule has 0 N–H and O–H groups in total. The molecule has 0 amide bonds. The average Bonchev–Trinajstić information content (AvgIpc) is 2.31. The Morgan fingerprint density at radius 1 is 1.59 bits per heavy atom. The van der Waals surface area contributed by atoms with Crippen LogP contribution in [0.4, 0.5) is 5.82 Å². The van der Waals surface area contributed by atoms with E-state index in [1.54, 1.807) is 17.0 Å². The van der Waals surface area contributed by atoms with Gasteiger partial charge in [-0.1, -0.05) is 0 Å². The molecule has 0 spiro atoms. The Morgan fingerprint density at radius 3 is 2.82 bits per heavy atom. The van der Waals surface area contributed by atoms with E-state index in [0.29, 0.717) is 25.3 Å². The molecular weight excluding hydrogens is 216 g/mol. The van der Waals surface area contributed by atoms with Crippen LogP contribution in [-0.4, -0.2) is 22.1 Å². The van der Waals surface area contributed by atoms with Gasteiger partial charge in [-0.15, -0.1) is 0 Å². The molecule has 5 nitrogen and oxygen atoms in total. The molecule has 0 saturated carbocycles. The smallest absolute Gasteiger partial charge is 0.293 e. The van der Waals surface area contributed by atoms with Gasteiger partial charge in [-0.3, -0.25) is 4.79 Å². The van der Waals surface area contributed by atoms with Gasteiger partial charge >= 0.3 is 0 Å². The van der Waals surface area contributed by atoms with Crippen LogP contribution in [0.2, 0.25) is 0 Å². The number of aryl methyl sites for hydroxylation is 1. The van der Waals surface area contributed by atoms with E-state index < -0.39 is 0 Å². The van der Waals surface area contributed by atoms with Crippen LogP contribution in [0, 0.1) is 11.3 Å². The van der Waals surface area contributed by atoms with Crippen molar-refractivity contribution in [3.63, 3.8) is 0 Å². The summed E-state index contributed by atoms with van der Waals surface area (Å²) in [6, 6.07) is 2.24. The van der Waals surface area contributed by atoms with Gasteiger partial charge in [0.1, 0.15) is 0 Å². The standard InChI is InChI=1S/C12H18N4O/c1-4-15-9-7-14-11(12(15)17)16(10(2)3)8-5-6-13/h7,9-10H,4-5,8H2,1-3H3. The molecule has 0 saturated heterocycles. The summed E-state index contributed by atoms with van der Waals surface area (Å²) in [4.78, 5) is 18.1. The van der Waals surface area contributed by atoms with Gasteiger partial charge < -0.3 is 9.47 Å². The zero-order chi connectivity index (χ0) is 12.8. The quantitative estimate of drug-likeness (QED) is 0.772. The number of nitrogens with zero attached hydrogens (tertiary/aromatic N) is 4. The molecule has 0 aromatic carbocycles. The van der Waals surface area contributed by atoms with E-state index >= 15 is 0 Å². The largest absolute Gasteiger partial charge is 0.349 e. The van der Waals surface area contributed by atoms with Crippen molar-refractivity contribution in [1.82, 2.24) is 9.55 Å². The molecule has 1 aromatic heterocycles. The Bertz CT molecular complexity index is 458. The normalized spacial score (nSPS) is 10.3. The molecule has 1 aromatic rings. The second-order valence-corrected chi connectivity index (χ2v) is 4.04. The minimum absolute atomic E-state index is 0.0957. The average molecular weight is 234 g/mol. The fourth-order valence-electron chi connectivity index (χ4n) is 1.66. The Morgan fingerprint density at radius 2 is 2.29 bits per heavy atom. The molecule has 5 heteroatoms. The van der Waals surface area contributed by atoms with Gasteiger partial charge in [0.05, 0.1) is 12.5 Å². The number of aromatic nitrogens is 2. The highest BCUT2D eigenvalue weighted by Crippen LogP contribution is 2.08. The zero-order valence-electron chi connectivity index (χ0n) is 10.6. The first-order valence-corrected chi connectivity index (χ1v) is 5.80. The molecule has 0 aliphatic rings. The minimum atomic E-state index is -0.0957. The lowest BCUT2D eigenvalue weighted by atomic mass is 10.3. The highest BCUT2D eigenvalue weighted by molar-refractivity contribution is 5.36. The molecule has 1 rings (SSSR count). The maximum atomic E-state index is 12.1. The predicted octanol–water partition coefficient (Wildman–Crippen LogP) is 1.39. The Kier molecular flexibility index (Phi) is 4.70. The molecule has 0 unspecified atom stereocenters. The van der Waals surface area contributed by atoms with Crippen molar-refractivity contribution in [3.8, 4) is 6.07 Å². The molecular formula is C12H18N4O. The van der Waals surface area contributed by atoms with Crippen LogP contribution in [0.5, 0.6) is 0 Å². The van der Waals surface area contributed by atoms with Crippen LogP contribution < -0.4 is 10.5 Å². The third-order valence-corrected chi connectivity index (χ3v) is 2.60. The van der Waals surface area contributed by atoms with Crippen molar-refractivity contribution in [2.24, 2.45) is 0 Å². The lowest BCUT2D eigenvalue weighted by molar-refractivity contribution is 0.649. The van der Waals surface area contributed by atoms with Crippen molar-refractivity contribution in [2.45, 2.75) is 39.8 Å². The lowest BCUT2D eigenvalue weighted by Gasteiger charge is -2.26. The fraction of sp³-hybridized carbons (Fsp3) is 0.583. The van der Waals surface area contributed by atoms with Crippen LogP contribution in [0.3, 0.4) is 0 Å². The maximum absolute atomic E-state index is 12.1. The van der Waals surface area contributed by atoms with Gasteiger partial charge in [-0.25, -0.2) is 4.98 Å². The van der Waals surface area contributed by atoms with Crippen molar-refractivity contribution < 1.29 is 0 Å². The highest BCUT2D eigenvalue weighted by Gasteiger charge is 2.15. The number of hydrogen-bond acceptors (Lipinski definition) is 4. The second-order valence-electron chi connectivity index (χ2n) is 4.04. The summed E-state index contributed by atoms with van der Waals surface area (Å²) < 4.78 is 1.62. The summed E-state index contributed by atoms with van der Waals surface area (Å²) in [6.45, 7) is 7.05. The van der Waals surface area contributed by atoms with Crippen molar-refractivity contribution in [2.75, 3.05) is 11.4 Å². The van der Waals surface area contributed by atoms with Crippen LogP contribution in [-0.2, 0) is 6.54 Å². The van der Waals surface area contributed by atoms with Crippen LogP contribution >= 0.6 is 0 Å². The fourth-order valence-corrected chi connectivity index (χ4v) is 1.66. The third kappa shape index (κ3) is 3.06. The van der Waals surface area contributed by atoms with Crippen LogP contribution in [0.25, 0.3) is 0 Å². The first kappa shape index (κ1) is 13.2. The molecule has 0 atom stereocenters. The Balaban J connectivity index is 3.11. The Labute approximate surface area is 101 Å². The summed E-state index contributed by atoms with van der Waals surface area (Å²) in [5.41, 5.74) is -0.0957. The first-order chi connectivity index (χ1) is 8.11. The zero-order valence-corrected chi connectivity index (χ0v) is 10.6. The molecule has 0 aliphatic carbocycles. The molecule has 0 fully saturated rings. The number of hydrogen-bond donors (Lipinski definition) is 0. The van der Waals surface area contributed by atoms with E-state index in [-0.39, 0.29) is 11.6 Å². The predicted molar refractivity (Wildman–Crippen MR) is 66.9 cm³/mol. The summed E-state index contributed by atoms with van der Waals surface area (Å²) in [6.07, 6.45) is 3.69. The third-order valence-electron chi connectivity index (χ3n) is 2.60. The van der Waals surface area contributed by atoms with E-state index in [1.165, 1.54) is 0 Å². The van der Waals surface area contributed by atoms with Crippen molar-refractivity contribution in [1.29, 1.82) is 5.26 Å². The Hall–Kier alpha value is -1.83. The van der Waals surface area contributed by atoms with E-state index in [4.69, 9.17) is 5.26 Å². The molecule has 92 valence electrons. The van der Waals surface area contributed by atoms with Gasteiger partial charge in [0.2, 0.25) is 0 Å². The number of rotatable bonds is 5. The van der Waals surface area contributed by atoms with Crippen LogP contribution in [0.15, 0.2) is 17.2 Å². The van der Waals surface area contributed by atoms with Crippen LogP contribution in [0.1, 0.15) is 27.2 Å². The van der Waals surface area contributed by atoms with Gasteiger partial charge in [0.25, 0.3) is 5.56 Å². The molecule has 0 radical (unpaired) electrons. The van der Waals surface area contributed by atoms with Crippen molar-refractivity contribution in [3.05, 3.63) is 22.7 Å². The van der Waals surface area contributed by atoms with Gasteiger partial charge in [-0.2, -0.15) is 5.26 Å². The monoisotopic (exact) mass is 234 g/mol. The molecule has 0 aliphatic heterocycles. The summed E-state index contributed by atoms with van der Waals surface area (Å²) >= 11 is 0. The second kappa shape index (κ2) is 6.04. The van der Waals surface area contributed by atoms with E-state index in [0.717, 1.165) is 0 Å². The minimum Gasteiger partial charge on any atom is -0.349 e. The van der Waals surface area contributed by atoms with E-state index in [9.17, 15) is 4.79 Å². The molecule has 17 heavy (non-hydrogen) atoms. The van der Waals surface area contributed by atoms with Gasteiger partial charge in [0.15, 0.2) is 5.82 Å². The summed E-state index contributed by atoms with van der Waals surface area (Å²) in [5.74, 6) is 0.430. The SMILES string of the molecule is CCn1ccnc(N(CCC#N)C(C)C)c1=O. The van der Waals surface area contributed by atoms with Gasteiger partial charge in [-0.05, 0) is 20.8 Å². The molecule has 0 bridgehead atoms. The first-order valence-electron chi connectivity index (χ1n) is 5.80. The number of anilines is 1. The molecule has 1 heterocycles. The topological polar surface area (TPSA) is 61.9 Å². The summed E-state index contributed by atoms with van der Waals surface area (Å²) in [7, 11) is 0. The van der Waals surface area contributed by atoms with Crippen molar-refractivity contribution >= 4 is 5.82 Å². The van der Waals surface area contributed by atoms with E-state index in [1.807, 2.05) is 25.7 Å². The van der Waals surface area contributed by atoms with Gasteiger partial charge in [0, 0.05) is 31.5 Å². The van der Waals surface area contributed by atoms with E-state index in [2.05, 4.69) is 11.1 Å². The lowest BCUT2D eigenvalue weighted by Crippen LogP contribution is -2.38. The highest BCUT2D eigenvalue weighted by atomic mass is 16.1. The maximum Gasteiger partial charge on any atom is 0.293 e. The number of nitriles is 1.